The zero-order chi connectivity index (χ0) is 12.9. The number of rotatable bonds is 5. The summed E-state index contributed by atoms with van der Waals surface area (Å²) < 4.78 is 0. The molecule has 0 saturated carbocycles. The van der Waals surface area contributed by atoms with Crippen LogP contribution >= 0.6 is 0 Å². The molecule has 1 amide bonds. The van der Waals surface area contributed by atoms with Crippen molar-refractivity contribution in [2.75, 3.05) is 6.54 Å². The number of benzene rings is 1. The summed E-state index contributed by atoms with van der Waals surface area (Å²) in [5, 5.41) is 12.4. The highest BCUT2D eigenvalue weighted by molar-refractivity contribution is 5.82. The molecule has 0 heterocycles. The van der Waals surface area contributed by atoms with Gasteiger partial charge in [0.25, 0.3) is 0 Å². The highest BCUT2D eigenvalue weighted by atomic mass is 16.3. The van der Waals surface area contributed by atoms with Crippen LogP contribution < -0.4 is 11.1 Å². The minimum atomic E-state index is -0.883. The molecule has 0 bridgehead atoms. The van der Waals surface area contributed by atoms with Gasteiger partial charge in [-0.15, -0.1) is 0 Å². The summed E-state index contributed by atoms with van der Waals surface area (Å²) in [4.78, 5) is 11.8. The predicted molar refractivity (Wildman–Crippen MR) is 67.3 cm³/mol. The van der Waals surface area contributed by atoms with Gasteiger partial charge in [-0.3, -0.25) is 4.79 Å². The maximum absolute atomic E-state index is 11.8. The van der Waals surface area contributed by atoms with E-state index < -0.39 is 11.6 Å². The van der Waals surface area contributed by atoms with Gasteiger partial charge < -0.3 is 16.2 Å². The van der Waals surface area contributed by atoms with Crippen LogP contribution in [-0.4, -0.2) is 23.2 Å². The lowest BCUT2D eigenvalue weighted by atomic mass is 10.0. The summed E-state index contributed by atoms with van der Waals surface area (Å²) >= 11 is 0. The van der Waals surface area contributed by atoms with Gasteiger partial charge in [0.15, 0.2) is 0 Å². The fourth-order valence-corrected chi connectivity index (χ4v) is 1.32. The Labute approximate surface area is 102 Å². The van der Waals surface area contributed by atoms with Crippen molar-refractivity contribution >= 4 is 5.91 Å². The molecule has 1 rings (SSSR count). The average Bonchev–Trinajstić information content (AvgIpc) is 2.36. The summed E-state index contributed by atoms with van der Waals surface area (Å²) in [7, 11) is 0. The second-order valence-electron chi connectivity index (χ2n) is 4.46. The fourth-order valence-electron chi connectivity index (χ4n) is 1.32. The van der Waals surface area contributed by atoms with Crippen LogP contribution in [-0.2, 0) is 4.79 Å². The molecule has 0 aromatic heterocycles. The Balaban J connectivity index is 2.54. The van der Waals surface area contributed by atoms with Gasteiger partial charge in [-0.1, -0.05) is 37.3 Å². The third kappa shape index (κ3) is 4.17. The lowest BCUT2D eigenvalue weighted by molar-refractivity contribution is -0.123. The molecule has 0 saturated heterocycles. The number of hydrogen-bond donors (Lipinski definition) is 3. The number of nitrogens with two attached hydrogens (primary N) is 1. The molecule has 0 aliphatic carbocycles. The normalized spacial score (nSPS) is 16.0. The van der Waals surface area contributed by atoms with Crippen molar-refractivity contribution in [2.24, 2.45) is 5.73 Å². The summed E-state index contributed by atoms with van der Waals surface area (Å²) in [5.74, 6) is -0.273. The molecule has 0 aliphatic rings. The summed E-state index contributed by atoms with van der Waals surface area (Å²) in [6.07, 6.45) is 0.577. The van der Waals surface area contributed by atoms with Crippen LogP contribution in [0.5, 0.6) is 0 Å². The van der Waals surface area contributed by atoms with Crippen LogP contribution in [0.1, 0.15) is 31.9 Å². The lowest BCUT2D eigenvalue weighted by Crippen LogP contribution is -2.43. The summed E-state index contributed by atoms with van der Waals surface area (Å²) in [6, 6.07) is 8.47. The third-order valence-corrected chi connectivity index (χ3v) is 2.85. The van der Waals surface area contributed by atoms with E-state index in [0.717, 1.165) is 5.56 Å². The number of hydrogen-bond acceptors (Lipinski definition) is 3. The molecule has 4 N–H and O–H groups in total. The highest BCUT2D eigenvalue weighted by Gasteiger charge is 2.21. The second-order valence-corrected chi connectivity index (χ2v) is 4.46. The van der Waals surface area contributed by atoms with E-state index in [-0.39, 0.29) is 12.5 Å². The standard InChI is InChI=1S/C13H20N2O2/c1-3-13(2,17)9-15-12(16)11(14)10-7-5-4-6-8-10/h4-8,11,17H,3,9,14H2,1-2H3,(H,15,16)/t11-,13?/m1/s1. The van der Waals surface area contributed by atoms with Crippen molar-refractivity contribution < 1.29 is 9.90 Å². The minimum absolute atomic E-state index is 0.211. The molecule has 2 atom stereocenters. The van der Waals surface area contributed by atoms with Crippen molar-refractivity contribution in [3.8, 4) is 0 Å². The maximum atomic E-state index is 11.8. The molecule has 0 spiro atoms. The molecule has 17 heavy (non-hydrogen) atoms. The first-order valence-corrected chi connectivity index (χ1v) is 5.77. The lowest BCUT2D eigenvalue weighted by Gasteiger charge is -2.22. The number of aliphatic hydroxyl groups is 1. The molecule has 0 radical (unpaired) electrons. The number of nitrogens with one attached hydrogen (secondary N) is 1. The molecular weight excluding hydrogens is 216 g/mol. The second kappa shape index (κ2) is 5.80. The Hall–Kier alpha value is -1.39. The van der Waals surface area contributed by atoms with Crippen LogP contribution in [0.25, 0.3) is 0 Å². The minimum Gasteiger partial charge on any atom is -0.388 e. The van der Waals surface area contributed by atoms with Gasteiger partial charge >= 0.3 is 0 Å². The smallest absolute Gasteiger partial charge is 0.241 e. The van der Waals surface area contributed by atoms with E-state index in [1.807, 2.05) is 37.3 Å². The number of amides is 1. The maximum Gasteiger partial charge on any atom is 0.241 e. The zero-order valence-electron chi connectivity index (χ0n) is 10.3. The Bertz CT molecular complexity index is 363. The Morgan fingerprint density at radius 3 is 2.59 bits per heavy atom. The van der Waals surface area contributed by atoms with Crippen LogP contribution in [0.2, 0.25) is 0 Å². The van der Waals surface area contributed by atoms with Crippen LogP contribution in [0.4, 0.5) is 0 Å². The first-order chi connectivity index (χ1) is 7.96. The molecule has 0 aliphatic heterocycles. The van der Waals surface area contributed by atoms with E-state index in [4.69, 9.17) is 5.73 Å². The molecule has 1 aromatic carbocycles. The average molecular weight is 236 g/mol. The van der Waals surface area contributed by atoms with E-state index in [0.29, 0.717) is 6.42 Å². The Morgan fingerprint density at radius 2 is 2.06 bits per heavy atom. The Kier molecular flexibility index (Phi) is 4.66. The van der Waals surface area contributed by atoms with Crippen molar-refractivity contribution in [3.05, 3.63) is 35.9 Å². The van der Waals surface area contributed by atoms with E-state index in [2.05, 4.69) is 5.32 Å². The highest BCUT2D eigenvalue weighted by Crippen LogP contribution is 2.11. The van der Waals surface area contributed by atoms with Crippen molar-refractivity contribution in [1.29, 1.82) is 0 Å². The van der Waals surface area contributed by atoms with Gasteiger partial charge in [0.2, 0.25) is 5.91 Å². The van der Waals surface area contributed by atoms with Crippen LogP contribution in [0, 0.1) is 0 Å². The van der Waals surface area contributed by atoms with Gasteiger partial charge in [0.05, 0.1) is 5.60 Å². The molecule has 94 valence electrons. The van der Waals surface area contributed by atoms with E-state index in [1.54, 1.807) is 6.92 Å². The topological polar surface area (TPSA) is 75.3 Å². The van der Waals surface area contributed by atoms with E-state index in [9.17, 15) is 9.90 Å². The Morgan fingerprint density at radius 1 is 1.47 bits per heavy atom. The van der Waals surface area contributed by atoms with Crippen LogP contribution in [0.3, 0.4) is 0 Å². The van der Waals surface area contributed by atoms with Crippen LogP contribution in [0.15, 0.2) is 30.3 Å². The molecule has 1 unspecified atom stereocenters. The van der Waals surface area contributed by atoms with Crippen molar-refractivity contribution in [3.63, 3.8) is 0 Å². The SMILES string of the molecule is CCC(C)(O)CNC(=O)[C@H](N)c1ccccc1. The number of carbonyl (C=O) groups excluding carboxylic acids is 1. The van der Waals surface area contributed by atoms with Gasteiger partial charge in [-0.25, -0.2) is 0 Å². The van der Waals surface area contributed by atoms with E-state index in [1.165, 1.54) is 0 Å². The van der Waals surface area contributed by atoms with Crippen molar-refractivity contribution in [1.82, 2.24) is 5.32 Å². The largest absolute Gasteiger partial charge is 0.388 e. The first-order valence-electron chi connectivity index (χ1n) is 5.77. The van der Waals surface area contributed by atoms with Gasteiger partial charge in [0, 0.05) is 6.54 Å². The third-order valence-electron chi connectivity index (χ3n) is 2.85. The molecule has 0 fully saturated rings. The fraction of sp³-hybridized carbons (Fsp3) is 0.462. The van der Waals surface area contributed by atoms with E-state index >= 15 is 0 Å². The number of carbonyl (C=O) groups is 1. The molecule has 1 aromatic rings. The monoisotopic (exact) mass is 236 g/mol. The zero-order valence-corrected chi connectivity index (χ0v) is 10.3. The van der Waals surface area contributed by atoms with Gasteiger partial charge in [-0.2, -0.15) is 0 Å². The van der Waals surface area contributed by atoms with Gasteiger partial charge in [-0.05, 0) is 18.9 Å². The quantitative estimate of drug-likeness (QED) is 0.713. The first kappa shape index (κ1) is 13.7. The predicted octanol–water partition coefficient (Wildman–Crippen LogP) is 0.964. The summed E-state index contributed by atoms with van der Waals surface area (Å²) in [5.41, 5.74) is 5.70. The summed E-state index contributed by atoms with van der Waals surface area (Å²) in [6.45, 7) is 3.76. The van der Waals surface area contributed by atoms with Gasteiger partial charge in [0.1, 0.15) is 6.04 Å². The molecule has 4 heteroatoms. The molecule has 4 nitrogen and oxygen atoms in total. The molecular formula is C13H20N2O2. The van der Waals surface area contributed by atoms with Crippen molar-refractivity contribution in [2.45, 2.75) is 31.9 Å².